The van der Waals surface area contributed by atoms with Crippen molar-refractivity contribution in [3.8, 4) is 0 Å². The summed E-state index contributed by atoms with van der Waals surface area (Å²) in [6.45, 7) is 3.14. The summed E-state index contributed by atoms with van der Waals surface area (Å²) in [6.07, 6.45) is 2.09. The largest absolute Gasteiger partial charge is 0.384 e. The summed E-state index contributed by atoms with van der Waals surface area (Å²) in [7, 11) is 0. The second-order valence-electron chi connectivity index (χ2n) is 3.20. The Kier molecular flexibility index (Phi) is 5.07. The van der Waals surface area contributed by atoms with Gasteiger partial charge in [-0.2, -0.15) is 0 Å². The van der Waals surface area contributed by atoms with Crippen LogP contribution in [-0.2, 0) is 4.79 Å². The minimum absolute atomic E-state index is 0.0428. The lowest BCUT2D eigenvalue weighted by molar-refractivity contribution is -0.120. The molecule has 0 aliphatic rings. The molecule has 0 bridgehead atoms. The van der Waals surface area contributed by atoms with Crippen LogP contribution in [0.3, 0.4) is 0 Å². The van der Waals surface area contributed by atoms with Gasteiger partial charge in [0.15, 0.2) is 0 Å². The number of nitrogens with two attached hydrogens (primary N) is 1. The summed E-state index contributed by atoms with van der Waals surface area (Å²) in [5, 5.41) is 5.84. The fourth-order valence-corrected chi connectivity index (χ4v) is 1.23. The van der Waals surface area contributed by atoms with E-state index in [4.69, 9.17) is 5.84 Å². The number of carbonyl (C=O) groups is 1. The Bertz CT molecular complexity index is 342. The summed E-state index contributed by atoms with van der Waals surface area (Å²) in [6, 6.07) is 3.59. The highest BCUT2D eigenvalue weighted by molar-refractivity contribution is 5.76. The maximum absolute atomic E-state index is 11.2. The van der Waals surface area contributed by atoms with E-state index in [-0.39, 0.29) is 5.91 Å². The van der Waals surface area contributed by atoms with Crippen molar-refractivity contribution >= 4 is 17.4 Å². The van der Waals surface area contributed by atoms with E-state index in [2.05, 4.69) is 21.0 Å². The monoisotopic (exact) mass is 223 g/mol. The van der Waals surface area contributed by atoms with Crippen LogP contribution >= 0.6 is 0 Å². The number of hydrazine groups is 1. The normalized spacial score (nSPS) is 9.62. The molecule has 0 saturated heterocycles. The minimum Gasteiger partial charge on any atom is -0.384 e. The molecular formula is C10H17N5O. The second kappa shape index (κ2) is 6.62. The van der Waals surface area contributed by atoms with Gasteiger partial charge >= 0.3 is 0 Å². The molecule has 1 aromatic rings. The Balaban J connectivity index is 2.34. The van der Waals surface area contributed by atoms with Crippen molar-refractivity contribution < 1.29 is 4.79 Å². The van der Waals surface area contributed by atoms with Gasteiger partial charge in [0, 0.05) is 37.5 Å². The zero-order valence-corrected chi connectivity index (χ0v) is 9.29. The predicted octanol–water partition coefficient (Wildman–Crippen LogP) is 0.305. The number of carbonyl (C=O) groups excluding carboxylic acids is 1. The van der Waals surface area contributed by atoms with Crippen molar-refractivity contribution in [2.45, 2.75) is 13.3 Å². The Labute approximate surface area is 94.6 Å². The van der Waals surface area contributed by atoms with Crippen LogP contribution in [0.4, 0.5) is 11.5 Å². The lowest BCUT2D eigenvalue weighted by atomic mass is 10.3. The number of amides is 1. The predicted molar refractivity (Wildman–Crippen MR) is 63.8 cm³/mol. The SMILES string of the molecule is CCNC(=O)CCNc1ccnc(NN)c1. The van der Waals surface area contributed by atoms with Gasteiger partial charge in [0.1, 0.15) is 5.82 Å². The van der Waals surface area contributed by atoms with Gasteiger partial charge in [0.05, 0.1) is 0 Å². The van der Waals surface area contributed by atoms with Gasteiger partial charge < -0.3 is 16.1 Å². The number of hydrogen-bond donors (Lipinski definition) is 4. The van der Waals surface area contributed by atoms with Crippen LogP contribution < -0.4 is 21.9 Å². The molecule has 6 heteroatoms. The van der Waals surface area contributed by atoms with E-state index in [0.717, 1.165) is 5.69 Å². The Morgan fingerprint density at radius 1 is 1.56 bits per heavy atom. The van der Waals surface area contributed by atoms with Crippen LogP contribution in [0, 0.1) is 0 Å². The number of anilines is 2. The fourth-order valence-electron chi connectivity index (χ4n) is 1.23. The molecule has 16 heavy (non-hydrogen) atoms. The molecule has 1 rings (SSSR count). The van der Waals surface area contributed by atoms with Crippen LogP contribution in [0.5, 0.6) is 0 Å². The zero-order chi connectivity index (χ0) is 11.8. The topological polar surface area (TPSA) is 92.1 Å². The van der Waals surface area contributed by atoms with Gasteiger partial charge in [-0.15, -0.1) is 0 Å². The van der Waals surface area contributed by atoms with Gasteiger partial charge in [0.25, 0.3) is 0 Å². The second-order valence-corrected chi connectivity index (χ2v) is 3.20. The maximum atomic E-state index is 11.2. The quantitative estimate of drug-likeness (QED) is 0.411. The number of nitrogens with one attached hydrogen (secondary N) is 3. The van der Waals surface area contributed by atoms with Gasteiger partial charge in [0.2, 0.25) is 5.91 Å². The first kappa shape index (κ1) is 12.3. The van der Waals surface area contributed by atoms with Gasteiger partial charge in [-0.25, -0.2) is 10.8 Å². The van der Waals surface area contributed by atoms with Crippen molar-refractivity contribution in [2.75, 3.05) is 23.8 Å². The molecule has 0 aliphatic heterocycles. The van der Waals surface area contributed by atoms with E-state index in [1.54, 1.807) is 12.3 Å². The molecule has 0 aromatic carbocycles. The van der Waals surface area contributed by atoms with Crippen LogP contribution in [0.1, 0.15) is 13.3 Å². The van der Waals surface area contributed by atoms with Crippen LogP contribution in [-0.4, -0.2) is 24.0 Å². The molecule has 0 aliphatic carbocycles. The van der Waals surface area contributed by atoms with Crippen LogP contribution in [0.15, 0.2) is 18.3 Å². The summed E-state index contributed by atoms with van der Waals surface area (Å²) in [5.74, 6) is 5.86. The zero-order valence-electron chi connectivity index (χ0n) is 9.29. The highest BCUT2D eigenvalue weighted by Gasteiger charge is 1.99. The first-order chi connectivity index (χ1) is 7.76. The fraction of sp³-hybridized carbons (Fsp3) is 0.400. The number of nitrogens with zero attached hydrogens (tertiary/aromatic N) is 1. The molecule has 88 valence electrons. The average molecular weight is 223 g/mol. The van der Waals surface area contributed by atoms with Gasteiger partial charge in [-0.1, -0.05) is 0 Å². The molecule has 1 heterocycles. The molecule has 0 fully saturated rings. The molecule has 0 saturated carbocycles. The molecule has 0 spiro atoms. The van der Waals surface area contributed by atoms with E-state index < -0.39 is 0 Å². The van der Waals surface area contributed by atoms with E-state index in [0.29, 0.717) is 25.3 Å². The van der Waals surface area contributed by atoms with Crippen molar-refractivity contribution in [1.29, 1.82) is 0 Å². The van der Waals surface area contributed by atoms with Crippen molar-refractivity contribution in [1.82, 2.24) is 10.3 Å². The average Bonchev–Trinajstić information content (AvgIpc) is 2.30. The highest BCUT2D eigenvalue weighted by atomic mass is 16.1. The highest BCUT2D eigenvalue weighted by Crippen LogP contribution is 2.10. The lowest BCUT2D eigenvalue weighted by Gasteiger charge is -2.07. The van der Waals surface area contributed by atoms with Crippen LogP contribution in [0.25, 0.3) is 0 Å². The lowest BCUT2D eigenvalue weighted by Crippen LogP contribution is -2.24. The smallest absolute Gasteiger partial charge is 0.221 e. The third-order valence-electron chi connectivity index (χ3n) is 1.96. The third-order valence-corrected chi connectivity index (χ3v) is 1.96. The Morgan fingerprint density at radius 3 is 3.06 bits per heavy atom. The maximum Gasteiger partial charge on any atom is 0.221 e. The third kappa shape index (κ3) is 4.14. The Hall–Kier alpha value is -1.82. The number of pyridine rings is 1. The van der Waals surface area contributed by atoms with Crippen LogP contribution in [0.2, 0.25) is 0 Å². The molecule has 1 aromatic heterocycles. The number of rotatable bonds is 6. The number of aromatic nitrogens is 1. The van der Waals surface area contributed by atoms with E-state index >= 15 is 0 Å². The van der Waals surface area contributed by atoms with Crippen molar-refractivity contribution in [3.63, 3.8) is 0 Å². The summed E-state index contributed by atoms with van der Waals surface area (Å²) in [5.41, 5.74) is 3.34. The molecule has 0 unspecified atom stereocenters. The summed E-state index contributed by atoms with van der Waals surface area (Å²) >= 11 is 0. The standard InChI is InChI=1S/C10H17N5O/c1-2-12-10(16)4-6-13-8-3-5-14-9(7-8)15-11/h3,5,7H,2,4,6,11H2,1H3,(H,12,16)(H2,13,14,15). The molecule has 5 N–H and O–H groups in total. The molecule has 1 amide bonds. The molecule has 0 radical (unpaired) electrons. The summed E-state index contributed by atoms with van der Waals surface area (Å²) in [4.78, 5) is 15.1. The first-order valence-electron chi connectivity index (χ1n) is 5.19. The van der Waals surface area contributed by atoms with Crippen molar-refractivity contribution in [3.05, 3.63) is 18.3 Å². The van der Waals surface area contributed by atoms with Gasteiger partial charge in [-0.3, -0.25) is 4.79 Å². The number of hydrogen-bond acceptors (Lipinski definition) is 5. The van der Waals surface area contributed by atoms with E-state index in [1.807, 2.05) is 13.0 Å². The minimum atomic E-state index is 0.0428. The van der Waals surface area contributed by atoms with E-state index in [1.165, 1.54) is 0 Å². The number of nitrogen functional groups attached to an aromatic ring is 1. The Morgan fingerprint density at radius 2 is 2.38 bits per heavy atom. The molecule has 6 nitrogen and oxygen atoms in total. The molecule has 0 atom stereocenters. The van der Waals surface area contributed by atoms with Gasteiger partial charge in [-0.05, 0) is 13.0 Å². The van der Waals surface area contributed by atoms with E-state index in [9.17, 15) is 4.79 Å². The first-order valence-corrected chi connectivity index (χ1v) is 5.19. The summed E-state index contributed by atoms with van der Waals surface area (Å²) < 4.78 is 0. The molecular weight excluding hydrogens is 206 g/mol. The van der Waals surface area contributed by atoms with Crippen molar-refractivity contribution in [2.24, 2.45) is 5.84 Å².